The number of carbonyl (C=O) groups is 1. The first-order valence-corrected chi connectivity index (χ1v) is 8.32. The van der Waals surface area contributed by atoms with Gasteiger partial charge in [0.15, 0.2) is 0 Å². The Morgan fingerprint density at radius 3 is 2.55 bits per heavy atom. The van der Waals surface area contributed by atoms with Crippen molar-refractivity contribution in [2.45, 2.75) is 33.2 Å². The quantitative estimate of drug-likeness (QED) is 0.860. The molecule has 0 spiro atoms. The monoisotopic (exact) mass is 304 g/mol. The van der Waals surface area contributed by atoms with Crippen LogP contribution in [0.4, 0.5) is 0 Å². The van der Waals surface area contributed by atoms with Gasteiger partial charge in [0, 0.05) is 26.2 Å². The Morgan fingerprint density at radius 1 is 1.09 bits per heavy atom. The molecule has 1 saturated heterocycles. The molecule has 1 aromatic carbocycles. The fourth-order valence-corrected chi connectivity index (χ4v) is 2.76. The highest BCUT2D eigenvalue weighted by Gasteiger charge is 2.14. The van der Waals surface area contributed by atoms with Gasteiger partial charge in [-0.15, -0.1) is 0 Å². The van der Waals surface area contributed by atoms with Crippen molar-refractivity contribution in [1.29, 1.82) is 0 Å². The summed E-state index contributed by atoms with van der Waals surface area (Å²) in [4.78, 5) is 16.3. The van der Waals surface area contributed by atoms with Crippen molar-refractivity contribution in [3.8, 4) is 0 Å². The number of aryl methyl sites for hydroxylation is 1. The van der Waals surface area contributed by atoms with Crippen LogP contribution in [0.3, 0.4) is 0 Å². The van der Waals surface area contributed by atoms with E-state index in [9.17, 15) is 4.79 Å². The second-order valence-corrected chi connectivity index (χ2v) is 5.99. The van der Waals surface area contributed by atoms with E-state index >= 15 is 0 Å². The first-order chi connectivity index (χ1) is 10.7. The van der Waals surface area contributed by atoms with E-state index in [4.69, 9.17) is 4.74 Å². The molecule has 1 aliphatic rings. The number of benzene rings is 1. The summed E-state index contributed by atoms with van der Waals surface area (Å²) in [7, 11) is 0. The predicted octanol–water partition coefficient (Wildman–Crippen LogP) is 2.46. The molecule has 22 heavy (non-hydrogen) atoms. The Labute approximate surface area is 134 Å². The Morgan fingerprint density at radius 2 is 1.82 bits per heavy atom. The van der Waals surface area contributed by atoms with Gasteiger partial charge in [-0.1, -0.05) is 29.8 Å². The maximum absolute atomic E-state index is 12.0. The summed E-state index contributed by atoms with van der Waals surface area (Å²) < 4.78 is 5.56. The smallest absolute Gasteiger partial charge is 0.248 e. The lowest BCUT2D eigenvalue weighted by atomic mass is 10.1. The predicted molar refractivity (Wildman–Crippen MR) is 88.8 cm³/mol. The van der Waals surface area contributed by atoms with Crippen molar-refractivity contribution in [1.82, 2.24) is 9.80 Å². The van der Waals surface area contributed by atoms with Gasteiger partial charge in [-0.05, 0) is 38.8 Å². The lowest BCUT2D eigenvalue weighted by Crippen LogP contribution is -2.34. The molecule has 0 N–H and O–H groups in total. The van der Waals surface area contributed by atoms with Crippen LogP contribution in [0.25, 0.3) is 0 Å². The first kappa shape index (κ1) is 17.0. The van der Waals surface area contributed by atoms with Crippen molar-refractivity contribution in [3.63, 3.8) is 0 Å². The van der Waals surface area contributed by atoms with Crippen molar-refractivity contribution < 1.29 is 9.53 Å². The molecule has 122 valence electrons. The van der Waals surface area contributed by atoms with Gasteiger partial charge >= 0.3 is 0 Å². The minimum Gasteiger partial charge on any atom is -0.370 e. The zero-order valence-electron chi connectivity index (χ0n) is 13.9. The number of carbonyl (C=O) groups excluding carboxylic acids is 1. The molecule has 1 heterocycles. The van der Waals surface area contributed by atoms with Crippen LogP contribution in [-0.2, 0) is 16.1 Å². The maximum Gasteiger partial charge on any atom is 0.248 e. The average molecular weight is 304 g/mol. The van der Waals surface area contributed by atoms with E-state index in [-0.39, 0.29) is 12.5 Å². The van der Waals surface area contributed by atoms with Crippen LogP contribution in [0.2, 0.25) is 0 Å². The summed E-state index contributed by atoms with van der Waals surface area (Å²) >= 11 is 0. The van der Waals surface area contributed by atoms with E-state index in [2.05, 4.69) is 36.1 Å². The molecule has 0 saturated carbocycles. The van der Waals surface area contributed by atoms with Crippen molar-refractivity contribution >= 4 is 5.91 Å². The number of hydrogen-bond acceptors (Lipinski definition) is 3. The Bertz CT molecular complexity index is 459. The number of amides is 1. The van der Waals surface area contributed by atoms with Crippen LogP contribution >= 0.6 is 0 Å². The van der Waals surface area contributed by atoms with Crippen LogP contribution in [0, 0.1) is 6.92 Å². The highest BCUT2D eigenvalue weighted by molar-refractivity contribution is 5.77. The van der Waals surface area contributed by atoms with Crippen LogP contribution in [-0.4, -0.2) is 55.1 Å². The summed E-state index contributed by atoms with van der Waals surface area (Å²) in [6.07, 6.45) is 2.18. The standard InChI is InChI=1S/C18H28N2O2/c1-3-20-11-5-4-10-19(12-13-22-15-18(20)21)14-17-8-6-16(2)7-9-17/h6-9H,3-5,10-15H2,1-2H3. The normalized spacial score (nSPS) is 19.0. The third kappa shape index (κ3) is 5.43. The van der Waals surface area contributed by atoms with Gasteiger partial charge in [-0.2, -0.15) is 0 Å². The second kappa shape index (κ2) is 8.91. The van der Waals surface area contributed by atoms with Crippen LogP contribution in [0.1, 0.15) is 30.9 Å². The molecule has 0 aliphatic carbocycles. The summed E-state index contributed by atoms with van der Waals surface area (Å²) in [5.41, 5.74) is 2.63. The molecule has 0 bridgehead atoms. The number of nitrogens with zero attached hydrogens (tertiary/aromatic N) is 2. The van der Waals surface area contributed by atoms with E-state index in [1.54, 1.807) is 0 Å². The minimum atomic E-state index is 0.120. The largest absolute Gasteiger partial charge is 0.370 e. The van der Waals surface area contributed by atoms with Gasteiger partial charge in [0.25, 0.3) is 0 Å². The molecule has 0 unspecified atom stereocenters. The zero-order chi connectivity index (χ0) is 15.8. The topological polar surface area (TPSA) is 32.8 Å². The van der Waals surface area contributed by atoms with Crippen molar-refractivity contribution in [2.75, 3.05) is 39.4 Å². The third-order valence-corrected chi connectivity index (χ3v) is 4.19. The number of rotatable bonds is 3. The highest BCUT2D eigenvalue weighted by Crippen LogP contribution is 2.09. The van der Waals surface area contributed by atoms with Gasteiger partial charge in [0.1, 0.15) is 6.61 Å². The summed E-state index contributed by atoms with van der Waals surface area (Å²) in [5, 5.41) is 0. The molecule has 4 nitrogen and oxygen atoms in total. The van der Waals surface area contributed by atoms with E-state index in [1.807, 2.05) is 11.8 Å². The minimum absolute atomic E-state index is 0.120. The van der Waals surface area contributed by atoms with Crippen LogP contribution in [0.15, 0.2) is 24.3 Å². The van der Waals surface area contributed by atoms with Crippen molar-refractivity contribution in [3.05, 3.63) is 35.4 Å². The molecule has 0 radical (unpaired) electrons. The molecular weight excluding hydrogens is 276 g/mol. The lowest BCUT2D eigenvalue weighted by molar-refractivity contribution is -0.136. The maximum atomic E-state index is 12.0. The molecule has 1 aromatic rings. The van der Waals surface area contributed by atoms with Crippen LogP contribution in [0.5, 0.6) is 0 Å². The Kier molecular flexibility index (Phi) is 6.87. The van der Waals surface area contributed by atoms with Gasteiger partial charge in [0.05, 0.1) is 6.61 Å². The molecule has 4 heteroatoms. The SMILES string of the molecule is CCN1CCCCN(Cc2ccc(C)cc2)CCOCC1=O. The first-order valence-electron chi connectivity index (χ1n) is 8.32. The second-order valence-electron chi connectivity index (χ2n) is 5.99. The summed E-state index contributed by atoms with van der Waals surface area (Å²) in [6.45, 7) is 9.49. The number of ether oxygens (including phenoxy) is 1. The van der Waals surface area contributed by atoms with E-state index in [0.717, 1.165) is 45.6 Å². The van der Waals surface area contributed by atoms with Gasteiger partial charge < -0.3 is 9.64 Å². The molecule has 1 fully saturated rings. The fraction of sp³-hybridized carbons (Fsp3) is 0.611. The van der Waals surface area contributed by atoms with Gasteiger partial charge in [0.2, 0.25) is 5.91 Å². The molecule has 0 atom stereocenters. The van der Waals surface area contributed by atoms with Crippen molar-refractivity contribution in [2.24, 2.45) is 0 Å². The molecule has 1 amide bonds. The third-order valence-electron chi connectivity index (χ3n) is 4.19. The van der Waals surface area contributed by atoms with Crippen LogP contribution < -0.4 is 0 Å². The molecule has 0 aromatic heterocycles. The fourth-order valence-electron chi connectivity index (χ4n) is 2.76. The van der Waals surface area contributed by atoms with Gasteiger partial charge in [-0.3, -0.25) is 9.69 Å². The number of hydrogen-bond donors (Lipinski definition) is 0. The summed E-state index contributed by atoms with van der Waals surface area (Å²) in [5.74, 6) is 0.120. The Hall–Kier alpha value is -1.39. The molecule has 2 rings (SSSR count). The Balaban J connectivity index is 1.90. The zero-order valence-corrected chi connectivity index (χ0v) is 13.9. The van der Waals surface area contributed by atoms with E-state index in [1.165, 1.54) is 11.1 Å². The molecular formula is C18H28N2O2. The van der Waals surface area contributed by atoms with E-state index in [0.29, 0.717) is 6.61 Å². The average Bonchev–Trinajstić information content (AvgIpc) is 2.56. The summed E-state index contributed by atoms with van der Waals surface area (Å²) in [6, 6.07) is 8.72. The highest BCUT2D eigenvalue weighted by atomic mass is 16.5. The molecule has 1 aliphatic heterocycles. The number of likely N-dealkylation sites (N-methyl/N-ethyl adjacent to an activating group) is 1. The van der Waals surface area contributed by atoms with Gasteiger partial charge in [-0.25, -0.2) is 0 Å². The lowest BCUT2D eigenvalue weighted by Gasteiger charge is -2.22. The van der Waals surface area contributed by atoms with E-state index < -0.39 is 0 Å².